The quantitative estimate of drug-likeness (QED) is 0.924. The number of hydrogen-bond acceptors (Lipinski definition) is 3. The molecule has 2 aliphatic rings. The van der Waals surface area contributed by atoms with Gasteiger partial charge in [0.15, 0.2) is 0 Å². The first-order valence-corrected chi connectivity index (χ1v) is 8.53. The molecule has 1 N–H and O–H groups in total. The van der Waals surface area contributed by atoms with Gasteiger partial charge in [-0.25, -0.2) is 0 Å². The molecule has 1 aliphatic heterocycles. The maximum absolute atomic E-state index is 12.8. The number of nitrogens with one attached hydrogen (secondary N) is 1. The van der Waals surface area contributed by atoms with Gasteiger partial charge >= 0.3 is 0 Å². The van der Waals surface area contributed by atoms with Gasteiger partial charge in [-0.15, -0.1) is 11.3 Å². The minimum absolute atomic E-state index is 0.0144. The van der Waals surface area contributed by atoms with E-state index in [1.54, 1.807) is 11.3 Å². The van der Waals surface area contributed by atoms with Crippen LogP contribution in [0.4, 0.5) is 0 Å². The predicted molar refractivity (Wildman–Crippen MR) is 83.5 cm³/mol. The van der Waals surface area contributed by atoms with E-state index in [2.05, 4.69) is 5.32 Å². The Morgan fingerprint density at radius 3 is 2.81 bits per heavy atom. The fourth-order valence-electron chi connectivity index (χ4n) is 2.95. The lowest BCUT2D eigenvalue weighted by molar-refractivity contribution is -0.139. The van der Waals surface area contributed by atoms with Crippen molar-refractivity contribution in [2.24, 2.45) is 5.92 Å². The van der Waals surface area contributed by atoms with E-state index in [0.29, 0.717) is 25.4 Å². The third-order valence-electron chi connectivity index (χ3n) is 4.39. The lowest BCUT2D eigenvalue weighted by Crippen LogP contribution is -2.56. The number of carbonyl (C=O) groups excluding carboxylic acids is 2. The molecule has 1 atom stereocenters. The van der Waals surface area contributed by atoms with Gasteiger partial charge in [0.1, 0.15) is 5.54 Å². The van der Waals surface area contributed by atoms with E-state index in [1.807, 2.05) is 24.0 Å². The van der Waals surface area contributed by atoms with Gasteiger partial charge in [0.2, 0.25) is 11.8 Å². The highest BCUT2D eigenvalue weighted by Gasteiger charge is 2.50. The van der Waals surface area contributed by atoms with Crippen molar-refractivity contribution in [3.63, 3.8) is 0 Å². The zero-order valence-corrected chi connectivity index (χ0v) is 13.6. The molecule has 1 aromatic rings. The lowest BCUT2D eigenvalue weighted by atomic mass is 9.94. The second-order valence-corrected chi connectivity index (χ2v) is 7.82. The monoisotopic (exact) mass is 326 g/mol. The summed E-state index contributed by atoms with van der Waals surface area (Å²) in [5.74, 6) is 0.351. The Morgan fingerprint density at radius 2 is 2.19 bits per heavy atom. The number of halogens is 1. The molecule has 1 saturated carbocycles. The summed E-state index contributed by atoms with van der Waals surface area (Å²) in [4.78, 5) is 27.7. The molecule has 2 amide bonds. The molecule has 0 bridgehead atoms. The smallest absolute Gasteiger partial charge is 0.248 e. The van der Waals surface area contributed by atoms with Crippen molar-refractivity contribution in [1.29, 1.82) is 0 Å². The molecule has 3 rings (SSSR count). The van der Waals surface area contributed by atoms with E-state index >= 15 is 0 Å². The van der Waals surface area contributed by atoms with E-state index in [-0.39, 0.29) is 11.8 Å². The molecular formula is C15H19ClN2O2S. The minimum atomic E-state index is -0.708. The molecular weight excluding hydrogens is 308 g/mol. The summed E-state index contributed by atoms with van der Waals surface area (Å²) in [7, 11) is 0. The number of amides is 2. The van der Waals surface area contributed by atoms with Crippen LogP contribution in [0.25, 0.3) is 0 Å². The number of rotatable bonds is 4. The molecule has 4 nitrogen and oxygen atoms in total. The Morgan fingerprint density at radius 1 is 1.43 bits per heavy atom. The Balaban J connectivity index is 1.71. The molecule has 0 aromatic carbocycles. The SMILES string of the molecule is CC1(C2CC2)NC(=O)CCN(CCc2ccc(Cl)s2)C1=O. The molecule has 21 heavy (non-hydrogen) atoms. The van der Waals surface area contributed by atoms with Crippen LogP contribution in [0, 0.1) is 5.92 Å². The first-order chi connectivity index (χ1) is 9.99. The second-order valence-electron chi connectivity index (χ2n) is 6.02. The van der Waals surface area contributed by atoms with Gasteiger partial charge in [-0.2, -0.15) is 0 Å². The average Bonchev–Trinajstić information content (AvgIpc) is 3.22. The van der Waals surface area contributed by atoms with Gasteiger partial charge in [0.05, 0.1) is 4.34 Å². The molecule has 2 fully saturated rings. The maximum Gasteiger partial charge on any atom is 0.248 e. The highest BCUT2D eigenvalue weighted by molar-refractivity contribution is 7.16. The van der Waals surface area contributed by atoms with Crippen molar-refractivity contribution in [1.82, 2.24) is 10.2 Å². The number of hydrogen-bond donors (Lipinski definition) is 1. The first-order valence-electron chi connectivity index (χ1n) is 7.33. The third-order valence-corrected chi connectivity index (χ3v) is 5.68. The molecule has 1 unspecified atom stereocenters. The predicted octanol–water partition coefficient (Wildman–Crippen LogP) is 2.46. The Bertz CT molecular complexity index is 570. The van der Waals surface area contributed by atoms with Crippen molar-refractivity contribution in [3.05, 3.63) is 21.3 Å². The fourth-order valence-corrected chi connectivity index (χ4v) is 4.03. The molecule has 114 valence electrons. The fraction of sp³-hybridized carbons (Fsp3) is 0.600. The maximum atomic E-state index is 12.8. The molecule has 6 heteroatoms. The van der Waals surface area contributed by atoms with E-state index < -0.39 is 5.54 Å². The van der Waals surface area contributed by atoms with Gasteiger partial charge < -0.3 is 10.2 Å². The summed E-state index contributed by atoms with van der Waals surface area (Å²) in [6.45, 7) is 3.03. The van der Waals surface area contributed by atoms with Crippen LogP contribution in [-0.4, -0.2) is 35.3 Å². The van der Waals surface area contributed by atoms with Crippen LogP contribution < -0.4 is 5.32 Å². The van der Waals surface area contributed by atoms with Crippen LogP contribution in [0.15, 0.2) is 12.1 Å². The summed E-state index contributed by atoms with van der Waals surface area (Å²) >= 11 is 7.48. The molecule has 0 spiro atoms. The highest BCUT2D eigenvalue weighted by atomic mass is 35.5. The van der Waals surface area contributed by atoms with Gasteiger partial charge in [-0.05, 0) is 44.2 Å². The number of thiophene rings is 1. The minimum Gasteiger partial charge on any atom is -0.342 e. The van der Waals surface area contributed by atoms with E-state index in [9.17, 15) is 9.59 Å². The largest absolute Gasteiger partial charge is 0.342 e. The first kappa shape index (κ1) is 14.9. The van der Waals surface area contributed by atoms with Crippen molar-refractivity contribution in [2.75, 3.05) is 13.1 Å². The topological polar surface area (TPSA) is 49.4 Å². The van der Waals surface area contributed by atoms with Gasteiger partial charge in [-0.1, -0.05) is 11.6 Å². The van der Waals surface area contributed by atoms with Crippen LogP contribution in [0.5, 0.6) is 0 Å². The number of carbonyl (C=O) groups is 2. The zero-order valence-electron chi connectivity index (χ0n) is 12.0. The summed E-state index contributed by atoms with van der Waals surface area (Å²) in [5.41, 5.74) is -0.708. The van der Waals surface area contributed by atoms with Crippen molar-refractivity contribution >= 4 is 34.8 Å². The van der Waals surface area contributed by atoms with E-state index in [4.69, 9.17) is 11.6 Å². The summed E-state index contributed by atoms with van der Waals surface area (Å²) in [6.07, 6.45) is 3.23. The van der Waals surface area contributed by atoms with Gasteiger partial charge in [0.25, 0.3) is 0 Å². The van der Waals surface area contributed by atoms with Crippen LogP contribution in [0.1, 0.15) is 31.1 Å². The summed E-state index contributed by atoms with van der Waals surface area (Å²) < 4.78 is 0.770. The van der Waals surface area contributed by atoms with E-state index in [1.165, 1.54) is 4.88 Å². The lowest BCUT2D eigenvalue weighted by Gasteiger charge is -2.32. The average molecular weight is 327 g/mol. The molecule has 1 saturated heterocycles. The van der Waals surface area contributed by atoms with Crippen LogP contribution in [0.2, 0.25) is 4.34 Å². The van der Waals surface area contributed by atoms with Crippen LogP contribution in [-0.2, 0) is 16.0 Å². The molecule has 1 aliphatic carbocycles. The third kappa shape index (κ3) is 3.09. The molecule has 1 aromatic heterocycles. The van der Waals surface area contributed by atoms with Crippen molar-refractivity contribution in [2.45, 2.75) is 38.1 Å². The van der Waals surface area contributed by atoms with Crippen molar-refractivity contribution in [3.8, 4) is 0 Å². The van der Waals surface area contributed by atoms with Gasteiger partial charge in [-0.3, -0.25) is 9.59 Å². The summed E-state index contributed by atoms with van der Waals surface area (Å²) in [5, 5.41) is 2.95. The number of nitrogens with zero attached hydrogens (tertiary/aromatic N) is 1. The second kappa shape index (κ2) is 5.61. The molecule has 0 radical (unpaired) electrons. The van der Waals surface area contributed by atoms with Crippen LogP contribution >= 0.6 is 22.9 Å². The Hall–Kier alpha value is -1.07. The highest BCUT2D eigenvalue weighted by Crippen LogP contribution is 2.41. The van der Waals surface area contributed by atoms with E-state index in [0.717, 1.165) is 23.6 Å². The Kier molecular flexibility index (Phi) is 3.97. The Labute approximate surface area is 133 Å². The standard InChI is InChI=1S/C15H19ClN2O2S/c1-15(10-2-3-10)14(20)18(9-7-13(19)17-15)8-6-11-4-5-12(16)21-11/h4-5,10H,2-3,6-9H2,1H3,(H,17,19). The summed E-state index contributed by atoms with van der Waals surface area (Å²) in [6, 6.07) is 3.88. The van der Waals surface area contributed by atoms with Crippen molar-refractivity contribution < 1.29 is 9.59 Å². The van der Waals surface area contributed by atoms with Gasteiger partial charge in [0, 0.05) is 24.4 Å². The van der Waals surface area contributed by atoms with Crippen LogP contribution in [0.3, 0.4) is 0 Å². The normalized spacial score (nSPS) is 26.7. The molecule has 2 heterocycles. The zero-order chi connectivity index (χ0) is 15.0.